The first-order valence-corrected chi connectivity index (χ1v) is 9.24. The summed E-state index contributed by atoms with van der Waals surface area (Å²) in [6, 6.07) is 0.451. The number of β-lactam (4-membered cyclic amide) rings is 1. The molecule has 3 nitrogen and oxygen atoms in total. The van der Waals surface area contributed by atoms with Gasteiger partial charge in [0.05, 0.1) is 12.7 Å². The van der Waals surface area contributed by atoms with Gasteiger partial charge in [-0.3, -0.25) is 4.79 Å². The van der Waals surface area contributed by atoms with E-state index in [2.05, 4.69) is 38.8 Å². The Morgan fingerprint density at radius 2 is 2.00 bits per heavy atom. The zero-order valence-electron chi connectivity index (χ0n) is 11.0. The summed E-state index contributed by atoms with van der Waals surface area (Å²) in [7, 11) is -0.882. The van der Waals surface area contributed by atoms with Gasteiger partial charge >= 0.3 is 0 Å². The highest BCUT2D eigenvalue weighted by Gasteiger charge is 2.54. The number of carbonyl (C=O) groups is 1. The van der Waals surface area contributed by atoms with E-state index in [1.165, 1.54) is 0 Å². The molecule has 0 spiro atoms. The second-order valence-electron chi connectivity index (χ2n) is 6.41. The Kier molecular flexibility index (Phi) is 2.91. The normalized spacial score (nSPS) is 34.2. The van der Waals surface area contributed by atoms with Crippen molar-refractivity contribution in [2.45, 2.75) is 63.5 Å². The number of rotatable bonds is 3. The number of amides is 1. The maximum atomic E-state index is 12.2. The summed E-state index contributed by atoms with van der Waals surface area (Å²) >= 11 is 0. The molecule has 0 saturated carbocycles. The van der Waals surface area contributed by atoms with Gasteiger partial charge in [-0.15, -0.1) is 0 Å². The number of nitrogens with zero attached hydrogens (tertiary/aromatic N) is 1. The van der Waals surface area contributed by atoms with Gasteiger partial charge in [-0.25, -0.2) is 0 Å². The van der Waals surface area contributed by atoms with E-state index in [1.54, 1.807) is 0 Å². The zero-order valence-corrected chi connectivity index (χ0v) is 12.1. The van der Waals surface area contributed by atoms with Crippen LogP contribution in [-0.2, 0) is 9.53 Å². The molecule has 0 aliphatic carbocycles. The van der Waals surface area contributed by atoms with Crippen LogP contribution < -0.4 is 0 Å². The molecule has 2 aliphatic rings. The molecule has 1 amide bonds. The molecule has 16 heavy (non-hydrogen) atoms. The van der Waals surface area contributed by atoms with E-state index in [0.717, 1.165) is 13.0 Å². The predicted octanol–water partition coefficient (Wildman–Crippen LogP) is 1.64. The quantitative estimate of drug-likeness (QED) is 0.427. The maximum Gasteiger partial charge on any atom is 0.225 e. The second kappa shape index (κ2) is 3.84. The third-order valence-electron chi connectivity index (χ3n) is 3.62. The minimum atomic E-state index is -0.882. The lowest BCUT2D eigenvalue weighted by Gasteiger charge is -2.55. The van der Waals surface area contributed by atoms with Gasteiger partial charge < -0.3 is 9.64 Å². The molecule has 0 N–H and O–H groups in total. The Bertz CT molecular complexity index is 294. The van der Waals surface area contributed by atoms with Gasteiger partial charge in [-0.1, -0.05) is 13.1 Å². The van der Waals surface area contributed by atoms with Crippen molar-refractivity contribution in [1.29, 1.82) is 0 Å². The SMILES string of the molecule is C[SiH](C)C1C(=O)N(C(C)(C)C)C1CC1CO1. The molecule has 0 radical (unpaired) electrons. The number of epoxide rings is 1. The number of ether oxygens (including phenoxy) is 1. The lowest BCUT2D eigenvalue weighted by atomic mass is 9.89. The van der Waals surface area contributed by atoms with Crippen molar-refractivity contribution in [2.24, 2.45) is 0 Å². The molecule has 0 aromatic carbocycles. The first kappa shape index (κ1) is 12.1. The summed E-state index contributed by atoms with van der Waals surface area (Å²) in [6.45, 7) is 11.8. The van der Waals surface area contributed by atoms with E-state index in [4.69, 9.17) is 4.74 Å². The average molecular weight is 241 g/mol. The van der Waals surface area contributed by atoms with E-state index < -0.39 is 8.80 Å². The number of hydrogen-bond donors (Lipinski definition) is 0. The van der Waals surface area contributed by atoms with Crippen LogP contribution in [0.2, 0.25) is 18.6 Å². The number of hydrogen-bond acceptors (Lipinski definition) is 2. The summed E-state index contributed by atoms with van der Waals surface area (Å²) in [5, 5.41) is 0. The van der Waals surface area contributed by atoms with Crippen LogP contribution in [0.1, 0.15) is 27.2 Å². The molecule has 0 bridgehead atoms. The van der Waals surface area contributed by atoms with Crippen LogP contribution in [0.15, 0.2) is 0 Å². The third kappa shape index (κ3) is 2.05. The molecule has 2 rings (SSSR count). The molecule has 3 unspecified atom stereocenters. The highest BCUT2D eigenvalue weighted by molar-refractivity contribution is 6.63. The molecule has 0 aromatic rings. The fourth-order valence-corrected chi connectivity index (χ4v) is 4.80. The van der Waals surface area contributed by atoms with Crippen molar-refractivity contribution in [1.82, 2.24) is 4.90 Å². The van der Waals surface area contributed by atoms with Crippen molar-refractivity contribution >= 4 is 14.7 Å². The van der Waals surface area contributed by atoms with Crippen molar-refractivity contribution < 1.29 is 9.53 Å². The molecule has 2 fully saturated rings. The first-order chi connectivity index (χ1) is 7.32. The lowest BCUT2D eigenvalue weighted by molar-refractivity contribution is -0.154. The van der Waals surface area contributed by atoms with Crippen molar-refractivity contribution in [3.05, 3.63) is 0 Å². The molecule has 92 valence electrons. The highest BCUT2D eigenvalue weighted by atomic mass is 28.3. The first-order valence-electron chi connectivity index (χ1n) is 6.27. The molecular formula is C12H23NO2Si. The van der Waals surface area contributed by atoms with E-state index in [9.17, 15) is 4.79 Å². The summed E-state index contributed by atoms with van der Waals surface area (Å²) in [5.41, 5.74) is 0.319. The van der Waals surface area contributed by atoms with E-state index in [1.807, 2.05) is 0 Å². The van der Waals surface area contributed by atoms with Gasteiger partial charge in [0, 0.05) is 25.9 Å². The molecule has 0 aromatic heterocycles. The Balaban J connectivity index is 2.09. The smallest absolute Gasteiger partial charge is 0.225 e. The van der Waals surface area contributed by atoms with Gasteiger partial charge in [0.1, 0.15) is 0 Å². The van der Waals surface area contributed by atoms with Crippen LogP contribution in [-0.4, -0.2) is 43.9 Å². The Morgan fingerprint density at radius 3 is 2.38 bits per heavy atom. The van der Waals surface area contributed by atoms with Crippen LogP contribution in [0.25, 0.3) is 0 Å². The predicted molar refractivity (Wildman–Crippen MR) is 67.4 cm³/mol. The van der Waals surface area contributed by atoms with Crippen LogP contribution >= 0.6 is 0 Å². The monoisotopic (exact) mass is 241 g/mol. The Morgan fingerprint density at radius 1 is 1.44 bits per heavy atom. The van der Waals surface area contributed by atoms with Crippen LogP contribution in [0, 0.1) is 0 Å². The second-order valence-corrected chi connectivity index (χ2v) is 9.61. The molecule has 2 saturated heterocycles. The van der Waals surface area contributed by atoms with Gasteiger partial charge in [-0.2, -0.15) is 0 Å². The minimum absolute atomic E-state index is 0.0313. The van der Waals surface area contributed by atoms with E-state index in [0.29, 0.717) is 23.6 Å². The van der Waals surface area contributed by atoms with Crippen molar-refractivity contribution in [2.75, 3.05) is 6.61 Å². The minimum Gasteiger partial charge on any atom is -0.373 e. The molecule has 3 atom stereocenters. The van der Waals surface area contributed by atoms with Crippen LogP contribution in [0.5, 0.6) is 0 Å². The fourth-order valence-electron chi connectivity index (χ4n) is 2.85. The topological polar surface area (TPSA) is 32.8 Å². The molecule has 2 aliphatic heterocycles. The maximum absolute atomic E-state index is 12.2. The summed E-state index contributed by atoms with van der Waals surface area (Å²) in [5.74, 6) is 0.389. The van der Waals surface area contributed by atoms with E-state index in [-0.39, 0.29) is 5.54 Å². The standard InChI is InChI=1S/C12H23NO2Si/c1-12(2,3)13-9(6-8-7-15-8)10(11(13)14)16(4)5/h8-10,16H,6-7H2,1-5H3. The van der Waals surface area contributed by atoms with Gasteiger partial charge in [0.25, 0.3) is 0 Å². The molecule has 2 heterocycles. The zero-order chi connectivity index (χ0) is 12.1. The van der Waals surface area contributed by atoms with Crippen LogP contribution in [0.3, 0.4) is 0 Å². The Hall–Kier alpha value is -0.353. The van der Waals surface area contributed by atoms with Crippen molar-refractivity contribution in [3.63, 3.8) is 0 Å². The average Bonchev–Trinajstić information content (AvgIpc) is 2.82. The van der Waals surface area contributed by atoms with Gasteiger partial charge in [-0.05, 0) is 27.2 Å². The number of likely N-dealkylation sites (tertiary alicyclic amines) is 1. The Labute approximate surface area is 99.8 Å². The van der Waals surface area contributed by atoms with Crippen LogP contribution in [0.4, 0.5) is 0 Å². The van der Waals surface area contributed by atoms with E-state index >= 15 is 0 Å². The fraction of sp³-hybridized carbons (Fsp3) is 0.917. The van der Waals surface area contributed by atoms with Crippen molar-refractivity contribution in [3.8, 4) is 0 Å². The molecular weight excluding hydrogens is 218 g/mol. The van der Waals surface area contributed by atoms with Gasteiger partial charge in [0.15, 0.2) is 0 Å². The highest BCUT2D eigenvalue weighted by Crippen LogP contribution is 2.43. The third-order valence-corrected chi connectivity index (χ3v) is 5.78. The summed E-state index contributed by atoms with van der Waals surface area (Å²) in [6.07, 6.45) is 1.48. The largest absolute Gasteiger partial charge is 0.373 e. The molecule has 4 heteroatoms. The summed E-state index contributed by atoms with van der Waals surface area (Å²) in [4.78, 5) is 14.3. The number of carbonyl (C=O) groups excluding carboxylic acids is 1. The summed E-state index contributed by atoms with van der Waals surface area (Å²) < 4.78 is 5.32. The van der Waals surface area contributed by atoms with Gasteiger partial charge in [0.2, 0.25) is 5.91 Å². The lowest BCUT2D eigenvalue weighted by Crippen LogP contribution is -2.67.